The van der Waals surface area contributed by atoms with Crippen LogP contribution in [-0.4, -0.2) is 36.1 Å². The number of methoxy groups -OCH3 is 1. The van der Waals surface area contributed by atoms with Crippen LogP contribution in [0.15, 0.2) is 70.8 Å². The van der Waals surface area contributed by atoms with E-state index in [1.54, 1.807) is 43.8 Å². The summed E-state index contributed by atoms with van der Waals surface area (Å²) in [4.78, 5) is 21.8. The molecule has 0 fully saturated rings. The number of nitrogens with one attached hydrogen (secondary N) is 1. The maximum absolute atomic E-state index is 12.0. The van der Waals surface area contributed by atoms with Gasteiger partial charge in [0.25, 0.3) is 11.8 Å². The maximum Gasteiger partial charge on any atom is 0.252 e. The molecule has 28 heavy (non-hydrogen) atoms. The first-order valence-corrected chi connectivity index (χ1v) is 9.58. The molecule has 0 unspecified atom stereocenters. The van der Waals surface area contributed by atoms with E-state index in [2.05, 4.69) is 27.4 Å². The number of nitrogens with zero attached hydrogens (tertiary/aromatic N) is 2. The zero-order chi connectivity index (χ0) is 19.8. The molecule has 0 saturated heterocycles. The van der Waals surface area contributed by atoms with Crippen LogP contribution < -0.4 is 10.1 Å². The predicted molar refractivity (Wildman–Crippen MR) is 108 cm³/mol. The minimum atomic E-state index is -0.154. The van der Waals surface area contributed by atoms with Gasteiger partial charge in [-0.25, -0.2) is 9.97 Å². The Balaban J connectivity index is 1.68. The number of amides is 1. The summed E-state index contributed by atoms with van der Waals surface area (Å²) in [6.07, 6.45) is 3.23. The molecule has 1 N–H and O–H groups in total. The van der Waals surface area contributed by atoms with Crippen molar-refractivity contribution in [2.24, 2.45) is 0 Å². The largest absolute Gasteiger partial charge is 0.437 e. The zero-order valence-electron chi connectivity index (χ0n) is 15.7. The molecule has 0 bridgehead atoms. The molecule has 3 aromatic rings. The van der Waals surface area contributed by atoms with Crippen molar-refractivity contribution in [2.45, 2.75) is 16.8 Å². The Kier molecular flexibility index (Phi) is 7.00. The van der Waals surface area contributed by atoms with Gasteiger partial charge in [0.2, 0.25) is 0 Å². The standard InChI is InChI=1S/C21H21N3O3S/c1-15-3-9-18(10-4-15)28-21-20(23-11-12-24-21)27-17-7-5-16(6-8-17)19(25)22-13-14-26-2/h3-12H,13-14H2,1-2H3,(H,22,25). The molecule has 0 aliphatic heterocycles. The fourth-order valence-corrected chi connectivity index (χ4v) is 3.12. The summed E-state index contributed by atoms with van der Waals surface area (Å²) in [5, 5.41) is 3.45. The highest BCUT2D eigenvalue weighted by atomic mass is 32.2. The summed E-state index contributed by atoms with van der Waals surface area (Å²) < 4.78 is 10.8. The Labute approximate surface area is 168 Å². The van der Waals surface area contributed by atoms with E-state index >= 15 is 0 Å². The van der Waals surface area contributed by atoms with Gasteiger partial charge in [0, 0.05) is 36.5 Å². The third-order valence-corrected chi connectivity index (χ3v) is 4.77. The highest BCUT2D eigenvalue weighted by Crippen LogP contribution is 2.33. The van der Waals surface area contributed by atoms with Crippen molar-refractivity contribution >= 4 is 17.7 Å². The Morgan fingerprint density at radius 3 is 2.46 bits per heavy atom. The first-order chi connectivity index (χ1) is 13.7. The second kappa shape index (κ2) is 9.87. The van der Waals surface area contributed by atoms with Crippen molar-refractivity contribution in [1.82, 2.24) is 15.3 Å². The second-order valence-electron chi connectivity index (χ2n) is 5.96. The van der Waals surface area contributed by atoms with Gasteiger partial charge in [-0.2, -0.15) is 0 Å². The topological polar surface area (TPSA) is 73.3 Å². The number of hydrogen-bond donors (Lipinski definition) is 1. The number of ether oxygens (including phenoxy) is 2. The van der Waals surface area contributed by atoms with Crippen LogP contribution in [0.25, 0.3) is 0 Å². The first-order valence-electron chi connectivity index (χ1n) is 8.76. The van der Waals surface area contributed by atoms with Crippen molar-refractivity contribution in [1.29, 1.82) is 0 Å². The molecule has 1 heterocycles. The van der Waals surface area contributed by atoms with E-state index in [0.29, 0.717) is 35.4 Å². The average Bonchev–Trinajstić information content (AvgIpc) is 2.72. The zero-order valence-corrected chi connectivity index (χ0v) is 16.5. The van der Waals surface area contributed by atoms with Gasteiger partial charge in [0.1, 0.15) is 5.75 Å². The SMILES string of the molecule is COCCNC(=O)c1ccc(Oc2nccnc2Sc2ccc(C)cc2)cc1. The number of rotatable bonds is 8. The number of carbonyl (C=O) groups is 1. The molecule has 0 radical (unpaired) electrons. The van der Waals surface area contributed by atoms with E-state index in [1.807, 2.05) is 19.1 Å². The van der Waals surface area contributed by atoms with Crippen molar-refractivity contribution in [3.05, 3.63) is 72.1 Å². The number of aromatic nitrogens is 2. The van der Waals surface area contributed by atoms with E-state index in [-0.39, 0.29) is 5.91 Å². The first kappa shape index (κ1) is 19.9. The molecule has 0 saturated carbocycles. The quantitative estimate of drug-likeness (QED) is 0.579. The Morgan fingerprint density at radius 2 is 1.75 bits per heavy atom. The number of hydrogen-bond acceptors (Lipinski definition) is 6. The molecule has 0 aliphatic carbocycles. The lowest BCUT2D eigenvalue weighted by Gasteiger charge is -2.09. The van der Waals surface area contributed by atoms with Crippen LogP contribution in [-0.2, 0) is 4.74 Å². The van der Waals surface area contributed by atoms with E-state index < -0.39 is 0 Å². The van der Waals surface area contributed by atoms with Crippen LogP contribution >= 0.6 is 11.8 Å². The minimum Gasteiger partial charge on any atom is -0.437 e. The smallest absolute Gasteiger partial charge is 0.252 e. The Morgan fingerprint density at radius 1 is 1.04 bits per heavy atom. The number of carbonyl (C=O) groups excluding carboxylic acids is 1. The molecular weight excluding hydrogens is 374 g/mol. The summed E-state index contributed by atoms with van der Waals surface area (Å²) in [7, 11) is 1.59. The predicted octanol–water partition coefficient (Wildman–Crippen LogP) is 4.10. The van der Waals surface area contributed by atoms with Gasteiger partial charge in [-0.05, 0) is 43.3 Å². The summed E-state index contributed by atoms with van der Waals surface area (Å²) in [6.45, 7) is 2.99. The lowest BCUT2D eigenvalue weighted by molar-refractivity contribution is 0.0937. The lowest BCUT2D eigenvalue weighted by Crippen LogP contribution is -2.26. The van der Waals surface area contributed by atoms with E-state index in [0.717, 1.165) is 4.90 Å². The number of aryl methyl sites for hydroxylation is 1. The van der Waals surface area contributed by atoms with Gasteiger partial charge in [0.15, 0.2) is 5.03 Å². The Hall–Kier alpha value is -2.90. The summed E-state index contributed by atoms with van der Waals surface area (Å²) in [5.74, 6) is 0.851. The third-order valence-electron chi connectivity index (χ3n) is 3.79. The molecule has 3 rings (SSSR count). The number of benzene rings is 2. The summed E-state index contributed by atoms with van der Waals surface area (Å²) in [5.41, 5.74) is 1.75. The normalized spacial score (nSPS) is 10.5. The van der Waals surface area contributed by atoms with Crippen molar-refractivity contribution in [3.63, 3.8) is 0 Å². The molecule has 144 valence electrons. The van der Waals surface area contributed by atoms with Crippen molar-refractivity contribution in [2.75, 3.05) is 20.3 Å². The van der Waals surface area contributed by atoms with Gasteiger partial charge in [-0.3, -0.25) is 4.79 Å². The molecule has 6 nitrogen and oxygen atoms in total. The van der Waals surface area contributed by atoms with Crippen LogP contribution in [0.5, 0.6) is 11.6 Å². The van der Waals surface area contributed by atoms with Gasteiger partial charge < -0.3 is 14.8 Å². The van der Waals surface area contributed by atoms with Gasteiger partial charge in [0.05, 0.1) is 6.61 Å². The monoisotopic (exact) mass is 395 g/mol. The van der Waals surface area contributed by atoms with Crippen molar-refractivity contribution in [3.8, 4) is 11.6 Å². The summed E-state index contributed by atoms with van der Waals surface area (Å²) in [6, 6.07) is 15.1. The highest BCUT2D eigenvalue weighted by molar-refractivity contribution is 7.99. The third kappa shape index (κ3) is 5.55. The molecule has 0 atom stereocenters. The van der Waals surface area contributed by atoms with Crippen molar-refractivity contribution < 1.29 is 14.3 Å². The average molecular weight is 395 g/mol. The minimum absolute atomic E-state index is 0.154. The van der Waals surface area contributed by atoms with Crippen LogP contribution in [0.1, 0.15) is 15.9 Å². The molecule has 0 aliphatic rings. The molecular formula is C21H21N3O3S. The van der Waals surface area contributed by atoms with Gasteiger partial charge in [-0.15, -0.1) is 0 Å². The van der Waals surface area contributed by atoms with E-state index in [9.17, 15) is 4.79 Å². The molecule has 2 aromatic carbocycles. The second-order valence-corrected chi connectivity index (χ2v) is 7.02. The van der Waals surface area contributed by atoms with Crippen LogP contribution in [0.4, 0.5) is 0 Å². The maximum atomic E-state index is 12.0. The van der Waals surface area contributed by atoms with Crippen LogP contribution in [0, 0.1) is 6.92 Å². The molecule has 0 spiro atoms. The van der Waals surface area contributed by atoms with Gasteiger partial charge in [-0.1, -0.05) is 29.5 Å². The summed E-state index contributed by atoms with van der Waals surface area (Å²) >= 11 is 1.49. The molecule has 1 amide bonds. The van der Waals surface area contributed by atoms with E-state index in [4.69, 9.17) is 9.47 Å². The highest BCUT2D eigenvalue weighted by Gasteiger charge is 2.11. The van der Waals surface area contributed by atoms with Crippen LogP contribution in [0.3, 0.4) is 0 Å². The van der Waals surface area contributed by atoms with Gasteiger partial charge >= 0.3 is 0 Å². The Bertz CT molecular complexity index is 915. The fourth-order valence-electron chi connectivity index (χ4n) is 2.33. The molecule has 1 aromatic heterocycles. The lowest BCUT2D eigenvalue weighted by atomic mass is 10.2. The van der Waals surface area contributed by atoms with E-state index in [1.165, 1.54) is 17.3 Å². The van der Waals surface area contributed by atoms with Crippen LogP contribution in [0.2, 0.25) is 0 Å². The fraction of sp³-hybridized carbons (Fsp3) is 0.190. The molecule has 7 heteroatoms.